The third-order valence-electron chi connectivity index (χ3n) is 3.22. The van der Waals surface area contributed by atoms with E-state index in [9.17, 15) is 18.7 Å². The summed E-state index contributed by atoms with van der Waals surface area (Å²) in [7, 11) is 0. The van der Waals surface area contributed by atoms with E-state index < -0.39 is 29.2 Å². The number of halogens is 2. The van der Waals surface area contributed by atoms with E-state index in [1.54, 1.807) is 31.2 Å². The lowest BCUT2D eigenvalue weighted by Gasteiger charge is -2.15. The lowest BCUT2D eigenvalue weighted by Crippen LogP contribution is -2.29. The van der Waals surface area contributed by atoms with Gasteiger partial charge in [-0.25, -0.2) is 8.78 Å². The quantitative estimate of drug-likeness (QED) is 0.860. The van der Waals surface area contributed by atoms with Gasteiger partial charge in [-0.15, -0.1) is 0 Å². The third-order valence-corrected chi connectivity index (χ3v) is 3.22. The maximum absolute atomic E-state index is 13.6. The van der Waals surface area contributed by atoms with E-state index in [0.29, 0.717) is 12.4 Å². The molecule has 6 heteroatoms. The van der Waals surface area contributed by atoms with Gasteiger partial charge in [0.15, 0.2) is 0 Å². The molecular weight excluding hydrogens is 304 g/mol. The first-order valence-electron chi connectivity index (χ1n) is 7.16. The molecule has 0 saturated heterocycles. The fraction of sp³-hybridized carbons (Fsp3) is 0.235. The van der Waals surface area contributed by atoms with Gasteiger partial charge in [0.25, 0.3) is 5.91 Å². The monoisotopic (exact) mass is 321 g/mol. The Bertz CT molecular complexity index is 671. The molecule has 0 aliphatic carbocycles. The molecule has 122 valence electrons. The first kappa shape index (κ1) is 16.9. The van der Waals surface area contributed by atoms with Crippen LogP contribution in [0.3, 0.4) is 0 Å². The number of rotatable bonds is 6. The van der Waals surface area contributed by atoms with Crippen molar-refractivity contribution in [1.29, 1.82) is 0 Å². The number of carbonyl (C=O) groups excluding carboxylic acids is 1. The van der Waals surface area contributed by atoms with Crippen LogP contribution in [0, 0.1) is 11.6 Å². The van der Waals surface area contributed by atoms with Crippen LogP contribution in [0.1, 0.15) is 28.9 Å². The van der Waals surface area contributed by atoms with Gasteiger partial charge in [-0.2, -0.15) is 0 Å². The summed E-state index contributed by atoms with van der Waals surface area (Å²) in [5.74, 6) is -1.81. The zero-order valence-electron chi connectivity index (χ0n) is 12.6. The molecule has 4 nitrogen and oxygen atoms in total. The summed E-state index contributed by atoms with van der Waals surface area (Å²) in [4.78, 5) is 12.2. The average molecular weight is 321 g/mol. The van der Waals surface area contributed by atoms with Gasteiger partial charge in [0.1, 0.15) is 23.5 Å². The minimum absolute atomic E-state index is 0.288. The topological polar surface area (TPSA) is 58.6 Å². The van der Waals surface area contributed by atoms with E-state index in [0.717, 1.165) is 12.1 Å². The SMILES string of the molecule is CCOc1ccccc1C(=O)NCC(O)c1c(F)cccc1F. The molecule has 0 bridgehead atoms. The Labute approximate surface area is 132 Å². The smallest absolute Gasteiger partial charge is 0.255 e. The van der Waals surface area contributed by atoms with Crippen molar-refractivity contribution in [3.05, 3.63) is 65.2 Å². The van der Waals surface area contributed by atoms with E-state index in [1.807, 2.05) is 0 Å². The van der Waals surface area contributed by atoms with Gasteiger partial charge in [-0.05, 0) is 31.2 Å². The van der Waals surface area contributed by atoms with Crippen molar-refractivity contribution in [3.8, 4) is 5.75 Å². The average Bonchev–Trinajstić information content (AvgIpc) is 2.53. The van der Waals surface area contributed by atoms with Crippen molar-refractivity contribution in [2.45, 2.75) is 13.0 Å². The minimum Gasteiger partial charge on any atom is -0.493 e. The zero-order valence-corrected chi connectivity index (χ0v) is 12.6. The maximum Gasteiger partial charge on any atom is 0.255 e. The highest BCUT2D eigenvalue weighted by Gasteiger charge is 2.19. The standard InChI is InChI=1S/C17H17F2NO3/c1-2-23-15-9-4-3-6-11(15)17(22)20-10-14(21)16-12(18)7-5-8-13(16)19/h3-9,14,21H,2,10H2,1H3,(H,20,22). The molecule has 23 heavy (non-hydrogen) atoms. The first-order chi connectivity index (χ1) is 11.0. The molecule has 0 aliphatic heterocycles. The number of benzene rings is 2. The summed E-state index contributed by atoms with van der Waals surface area (Å²) in [6.45, 7) is 1.86. The molecule has 2 aromatic carbocycles. The Kier molecular flexibility index (Phi) is 5.65. The van der Waals surface area contributed by atoms with Gasteiger partial charge in [0.05, 0.1) is 17.7 Å². The van der Waals surface area contributed by atoms with Gasteiger partial charge >= 0.3 is 0 Å². The molecule has 2 rings (SSSR count). The van der Waals surface area contributed by atoms with Crippen molar-refractivity contribution >= 4 is 5.91 Å². The molecule has 0 fully saturated rings. The third kappa shape index (κ3) is 4.04. The summed E-state index contributed by atoms with van der Waals surface area (Å²) >= 11 is 0. The Morgan fingerprint density at radius 3 is 2.48 bits per heavy atom. The zero-order chi connectivity index (χ0) is 16.8. The summed E-state index contributed by atoms with van der Waals surface area (Å²) in [6, 6.07) is 9.91. The van der Waals surface area contributed by atoms with Crippen molar-refractivity contribution in [1.82, 2.24) is 5.32 Å². The van der Waals surface area contributed by atoms with Crippen LogP contribution in [0.15, 0.2) is 42.5 Å². The van der Waals surface area contributed by atoms with Gasteiger partial charge in [0.2, 0.25) is 0 Å². The van der Waals surface area contributed by atoms with Gasteiger partial charge < -0.3 is 15.2 Å². The van der Waals surface area contributed by atoms with Crippen molar-refractivity contribution < 1.29 is 23.4 Å². The molecular formula is C17H17F2NO3. The summed E-state index contributed by atoms with van der Waals surface area (Å²) < 4.78 is 32.5. The fourth-order valence-corrected chi connectivity index (χ4v) is 2.15. The van der Waals surface area contributed by atoms with Crippen LogP contribution in [0.5, 0.6) is 5.75 Å². The Hall–Kier alpha value is -2.47. The molecule has 0 radical (unpaired) electrons. The number of para-hydroxylation sites is 1. The molecule has 0 aliphatic rings. The first-order valence-corrected chi connectivity index (χ1v) is 7.16. The predicted molar refractivity (Wildman–Crippen MR) is 81.3 cm³/mol. The van der Waals surface area contributed by atoms with E-state index >= 15 is 0 Å². The highest BCUT2D eigenvalue weighted by Crippen LogP contribution is 2.21. The molecule has 1 unspecified atom stereocenters. The Morgan fingerprint density at radius 2 is 1.83 bits per heavy atom. The maximum atomic E-state index is 13.6. The second-order valence-corrected chi connectivity index (χ2v) is 4.79. The number of hydrogen-bond acceptors (Lipinski definition) is 3. The normalized spacial score (nSPS) is 11.8. The molecule has 1 amide bonds. The van der Waals surface area contributed by atoms with Gasteiger partial charge in [-0.3, -0.25) is 4.79 Å². The van der Waals surface area contributed by atoms with Crippen LogP contribution in [0.25, 0.3) is 0 Å². The molecule has 0 spiro atoms. The van der Waals surface area contributed by atoms with Crippen molar-refractivity contribution in [2.75, 3.05) is 13.2 Å². The lowest BCUT2D eigenvalue weighted by atomic mass is 10.1. The number of ether oxygens (including phenoxy) is 1. The van der Waals surface area contributed by atoms with Crippen LogP contribution < -0.4 is 10.1 Å². The molecule has 0 saturated carbocycles. The van der Waals surface area contributed by atoms with Crippen LogP contribution >= 0.6 is 0 Å². The molecule has 1 atom stereocenters. The van der Waals surface area contributed by atoms with E-state index in [2.05, 4.69) is 5.32 Å². The summed E-state index contributed by atoms with van der Waals surface area (Å²) in [5, 5.41) is 12.4. The number of aliphatic hydroxyl groups is 1. The molecule has 2 aromatic rings. The summed E-state index contributed by atoms with van der Waals surface area (Å²) in [6.07, 6.45) is -1.49. The highest BCUT2D eigenvalue weighted by atomic mass is 19.1. The number of amides is 1. The predicted octanol–water partition coefficient (Wildman–Crippen LogP) is 2.83. The second-order valence-electron chi connectivity index (χ2n) is 4.79. The van der Waals surface area contributed by atoms with Crippen molar-refractivity contribution in [2.24, 2.45) is 0 Å². The van der Waals surface area contributed by atoms with E-state index in [4.69, 9.17) is 4.74 Å². The van der Waals surface area contributed by atoms with Crippen LogP contribution in [-0.4, -0.2) is 24.2 Å². The van der Waals surface area contributed by atoms with Crippen LogP contribution in [-0.2, 0) is 0 Å². The number of nitrogens with one attached hydrogen (secondary N) is 1. The van der Waals surface area contributed by atoms with Gasteiger partial charge in [-0.1, -0.05) is 18.2 Å². The largest absolute Gasteiger partial charge is 0.493 e. The number of carbonyl (C=O) groups is 1. The fourth-order valence-electron chi connectivity index (χ4n) is 2.15. The molecule has 0 heterocycles. The number of hydrogen-bond donors (Lipinski definition) is 2. The summed E-state index contributed by atoms with van der Waals surface area (Å²) in [5.41, 5.74) is -0.179. The van der Waals surface area contributed by atoms with Crippen molar-refractivity contribution in [3.63, 3.8) is 0 Å². The van der Waals surface area contributed by atoms with Crippen LogP contribution in [0.2, 0.25) is 0 Å². The lowest BCUT2D eigenvalue weighted by molar-refractivity contribution is 0.0907. The van der Waals surface area contributed by atoms with Gasteiger partial charge in [0, 0.05) is 6.54 Å². The number of aliphatic hydroxyl groups excluding tert-OH is 1. The Morgan fingerprint density at radius 1 is 1.17 bits per heavy atom. The van der Waals surface area contributed by atoms with E-state index in [1.165, 1.54) is 6.07 Å². The van der Waals surface area contributed by atoms with E-state index in [-0.39, 0.29) is 12.1 Å². The minimum atomic E-state index is -1.49. The highest BCUT2D eigenvalue weighted by molar-refractivity contribution is 5.96. The molecule has 0 aromatic heterocycles. The Balaban J connectivity index is 2.07. The van der Waals surface area contributed by atoms with Crippen LogP contribution in [0.4, 0.5) is 8.78 Å². The molecule has 2 N–H and O–H groups in total. The second kappa shape index (κ2) is 7.69.